The monoisotopic (exact) mass is 413 g/mol. The Kier molecular flexibility index (Phi) is 7.15. The smallest absolute Gasteiger partial charge is 0.331 e. The first-order chi connectivity index (χ1) is 14.6. The van der Waals surface area contributed by atoms with Crippen molar-refractivity contribution in [3.05, 3.63) is 54.1 Å². The van der Waals surface area contributed by atoms with Gasteiger partial charge in [-0.2, -0.15) is 0 Å². The summed E-state index contributed by atoms with van der Waals surface area (Å²) in [6, 6.07) is 12.5. The lowest BCUT2D eigenvalue weighted by Gasteiger charge is -2.26. The van der Waals surface area contributed by atoms with Gasteiger partial charge in [0.2, 0.25) is 0 Å². The zero-order valence-electron chi connectivity index (χ0n) is 16.8. The van der Waals surface area contributed by atoms with E-state index in [2.05, 4.69) is 5.32 Å². The highest BCUT2D eigenvalue weighted by molar-refractivity contribution is 5.89. The topological polar surface area (TPSA) is 92.3 Å². The number of ether oxygens (including phenoxy) is 5. The first-order valence-corrected chi connectivity index (χ1v) is 9.31. The molecular weight excluding hydrogens is 390 g/mol. The molecule has 3 rings (SSSR count). The lowest BCUT2D eigenvalue weighted by atomic mass is 10.2. The SMILES string of the molecule is COc1ccc(/C=C/C(=O)OCC(=O)NC[C@H]2COc3ccccc3O2)cc1OC. The van der Waals surface area contributed by atoms with Gasteiger partial charge < -0.3 is 29.0 Å². The summed E-state index contributed by atoms with van der Waals surface area (Å²) in [4.78, 5) is 23.8. The average Bonchev–Trinajstić information content (AvgIpc) is 2.79. The molecule has 8 heteroatoms. The van der Waals surface area contributed by atoms with Crippen LogP contribution in [0.2, 0.25) is 0 Å². The van der Waals surface area contributed by atoms with E-state index in [1.807, 2.05) is 18.2 Å². The fourth-order valence-corrected chi connectivity index (χ4v) is 2.75. The maximum Gasteiger partial charge on any atom is 0.331 e. The molecule has 0 spiro atoms. The molecule has 1 heterocycles. The molecule has 0 radical (unpaired) electrons. The summed E-state index contributed by atoms with van der Waals surface area (Å²) in [7, 11) is 3.07. The van der Waals surface area contributed by atoms with E-state index < -0.39 is 11.9 Å². The summed E-state index contributed by atoms with van der Waals surface area (Å²) in [5.74, 6) is 1.38. The minimum Gasteiger partial charge on any atom is -0.493 e. The molecule has 1 aliphatic rings. The maximum atomic E-state index is 11.9. The molecule has 0 aromatic heterocycles. The molecule has 0 saturated heterocycles. The number of hydrogen-bond donors (Lipinski definition) is 1. The van der Waals surface area contributed by atoms with Crippen LogP contribution >= 0.6 is 0 Å². The predicted molar refractivity (Wildman–Crippen MR) is 109 cm³/mol. The second kappa shape index (κ2) is 10.2. The van der Waals surface area contributed by atoms with Crippen LogP contribution in [-0.4, -0.2) is 52.0 Å². The minimum absolute atomic E-state index is 0.242. The van der Waals surface area contributed by atoms with Gasteiger partial charge in [0.05, 0.1) is 20.8 Å². The molecule has 158 valence electrons. The van der Waals surface area contributed by atoms with Crippen LogP contribution in [0.5, 0.6) is 23.0 Å². The van der Waals surface area contributed by atoms with E-state index >= 15 is 0 Å². The van der Waals surface area contributed by atoms with Crippen molar-refractivity contribution in [2.24, 2.45) is 0 Å². The number of carbonyl (C=O) groups is 2. The Balaban J connectivity index is 1.40. The summed E-state index contributed by atoms with van der Waals surface area (Å²) >= 11 is 0. The Bertz CT molecular complexity index is 925. The second-order valence-electron chi connectivity index (χ2n) is 6.36. The Morgan fingerprint density at radius 2 is 1.87 bits per heavy atom. The Morgan fingerprint density at radius 1 is 1.10 bits per heavy atom. The van der Waals surface area contributed by atoms with E-state index in [0.29, 0.717) is 29.6 Å². The van der Waals surface area contributed by atoms with Crippen LogP contribution in [0, 0.1) is 0 Å². The van der Waals surface area contributed by atoms with Crippen LogP contribution in [0.1, 0.15) is 5.56 Å². The lowest BCUT2D eigenvalue weighted by Crippen LogP contribution is -2.42. The van der Waals surface area contributed by atoms with Crippen molar-refractivity contribution < 1.29 is 33.3 Å². The summed E-state index contributed by atoms with van der Waals surface area (Å²) in [6.45, 7) is 0.177. The number of benzene rings is 2. The molecule has 0 aliphatic carbocycles. The van der Waals surface area contributed by atoms with Gasteiger partial charge in [-0.1, -0.05) is 18.2 Å². The molecule has 8 nitrogen and oxygen atoms in total. The molecule has 30 heavy (non-hydrogen) atoms. The number of carbonyl (C=O) groups excluding carboxylic acids is 2. The van der Waals surface area contributed by atoms with Gasteiger partial charge in [0.1, 0.15) is 12.7 Å². The van der Waals surface area contributed by atoms with Crippen LogP contribution in [0.15, 0.2) is 48.5 Å². The lowest BCUT2D eigenvalue weighted by molar-refractivity contribution is -0.143. The maximum absolute atomic E-state index is 11.9. The van der Waals surface area contributed by atoms with Crippen LogP contribution in [0.25, 0.3) is 6.08 Å². The largest absolute Gasteiger partial charge is 0.493 e. The van der Waals surface area contributed by atoms with Gasteiger partial charge in [-0.3, -0.25) is 4.79 Å². The second-order valence-corrected chi connectivity index (χ2v) is 6.36. The van der Waals surface area contributed by atoms with Crippen LogP contribution < -0.4 is 24.3 Å². The Morgan fingerprint density at radius 3 is 2.63 bits per heavy atom. The number of methoxy groups -OCH3 is 2. The number of esters is 1. The third kappa shape index (κ3) is 5.66. The van der Waals surface area contributed by atoms with Crippen LogP contribution in [-0.2, 0) is 14.3 Å². The summed E-state index contributed by atoms with van der Waals surface area (Å²) in [6.07, 6.45) is 2.49. The predicted octanol–water partition coefficient (Wildman–Crippen LogP) is 2.22. The normalized spacial score (nSPS) is 14.8. The number of fused-ring (bicyclic) bond motifs is 1. The van der Waals surface area contributed by atoms with Gasteiger partial charge in [-0.05, 0) is 35.9 Å². The third-order valence-corrected chi connectivity index (χ3v) is 4.26. The highest BCUT2D eigenvalue weighted by atomic mass is 16.6. The minimum atomic E-state index is -0.633. The molecular formula is C22H23NO7. The van der Waals surface area contributed by atoms with Gasteiger partial charge >= 0.3 is 5.97 Å². The summed E-state index contributed by atoms with van der Waals surface area (Å²) in [5, 5.41) is 2.66. The van der Waals surface area contributed by atoms with Gasteiger partial charge in [-0.15, -0.1) is 0 Å². The average molecular weight is 413 g/mol. The van der Waals surface area contributed by atoms with E-state index in [0.717, 1.165) is 5.56 Å². The first kappa shape index (κ1) is 21.0. The molecule has 0 unspecified atom stereocenters. The first-order valence-electron chi connectivity index (χ1n) is 9.31. The number of amides is 1. The molecule has 2 aromatic rings. The van der Waals surface area contributed by atoms with E-state index in [4.69, 9.17) is 23.7 Å². The van der Waals surface area contributed by atoms with Gasteiger partial charge in [0.15, 0.2) is 29.6 Å². The third-order valence-electron chi connectivity index (χ3n) is 4.26. The van der Waals surface area contributed by atoms with E-state index in [1.165, 1.54) is 13.2 Å². The van der Waals surface area contributed by atoms with E-state index in [9.17, 15) is 9.59 Å². The molecule has 1 aliphatic heterocycles. The van der Waals surface area contributed by atoms with E-state index in [1.54, 1.807) is 37.5 Å². The molecule has 1 atom stereocenters. The summed E-state index contributed by atoms with van der Waals surface area (Å²) < 4.78 is 26.7. The van der Waals surface area contributed by atoms with Crippen molar-refractivity contribution in [2.75, 3.05) is 34.0 Å². The zero-order valence-corrected chi connectivity index (χ0v) is 16.8. The van der Waals surface area contributed by atoms with E-state index in [-0.39, 0.29) is 19.3 Å². The molecule has 1 amide bonds. The number of nitrogens with one attached hydrogen (secondary N) is 1. The Labute approximate surface area is 174 Å². The molecule has 0 bridgehead atoms. The van der Waals surface area contributed by atoms with Crippen molar-refractivity contribution >= 4 is 18.0 Å². The van der Waals surface area contributed by atoms with Crippen molar-refractivity contribution in [2.45, 2.75) is 6.10 Å². The Hall–Kier alpha value is -3.68. The zero-order chi connectivity index (χ0) is 21.3. The van der Waals surface area contributed by atoms with Crippen molar-refractivity contribution in [3.63, 3.8) is 0 Å². The fraction of sp³-hybridized carbons (Fsp3) is 0.273. The summed E-state index contributed by atoms with van der Waals surface area (Å²) in [5.41, 5.74) is 0.726. The van der Waals surface area contributed by atoms with Crippen LogP contribution in [0.3, 0.4) is 0 Å². The molecule has 1 N–H and O–H groups in total. The molecule has 0 saturated carbocycles. The van der Waals surface area contributed by atoms with Crippen LogP contribution in [0.4, 0.5) is 0 Å². The quantitative estimate of drug-likeness (QED) is 0.524. The van der Waals surface area contributed by atoms with Crippen molar-refractivity contribution in [3.8, 4) is 23.0 Å². The fourth-order valence-electron chi connectivity index (χ4n) is 2.75. The van der Waals surface area contributed by atoms with Gasteiger partial charge in [0.25, 0.3) is 5.91 Å². The highest BCUT2D eigenvalue weighted by Crippen LogP contribution is 2.30. The standard InChI is InChI=1S/C22H23NO7/c1-26-17-9-7-15(11-20(17)27-2)8-10-22(25)29-14-21(24)23-12-16-13-28-18-5-3-4-6-19(18)30-16/h3-11,16H,12-14H2,1-2H3,(H,23,24)/b10-8+/t16-/m0/s1. The van der Waals surface area contributed by atoms with Crippen molar-refractivity contribution in [1.82, 2.24) is 5.32 Å². The van der Waals surface area contributed by atoms with Gasteiger partial charge in [-0.25, -0.2) is 4.79 Å². The number of para-hydroxylation sites is 2. The van der Waals surface area contributed by atoms with Gasteiger partial charge in [0, 0.05) is 6.08 Å². The number of hydrogen-bond acceptors (Lipinski definition) is 7. The highest BCUT2D eigenvalue weighted by Gasteiger charge is 2.21. The molecule has 0 fully saturated rings. The van der Waals surface area contributed by atoms with Crippen molar-refractivity contribution in [1.29, 1.82) is 0 Å². The number of rotatable bonds is 8. The molecule has 2 aromatic carbocycles.